The molecule has 1 fully saturated rings. The number of carbonyl (C=O) groups excluding carboxylic acids is 1. The molecular formula is C5HCl4NOS. The maximum absolute atomic E-state index is 11.1. The molecule has 2 heterocycles. The molecule has 0 spiro atoms. The lowest BCUT2D eigenvalue weighted by Gasteiger charge is -2.45. The molecule has 0 aliphatic carbocycles. The third kappa shape index (κ3) is 0.891. The number of rotatable bonds is 0. The van der Waals surface area contributed by atoms with Crippen molar-refractivity contribution in [1.29, 1.82) is 0 Å². The molecule has 0 saturated carbocycles. The fraction of sp³-hybridized carbons (Fsp3) is 0.400. The third-order valence-corrected chi connectivity index (χ3v) is 5.06. The van der Waals surface area contributed by atoms with Crippen molar-refractivity contribution in [2.75, 3.05) is 0 Å². The summed E-state index contributed by atoms with van der Waals surface area (Å²) in [6, 6.07) is 0. The van der Waals surface area contributed by atoms with Crippen LogP contribution in [-0.2, 0) is 4.79 Å². The van der Waals surface area contributed by atoms with Gasteiger partial charge in [0.2, 0.25) is 0 Å². The quantitative estimate of drug-likeness (QED) is 0.381. The lowest BCUT2D eigenvalue weighted by molar-refractivity contribution is -0.138. The molecule has 2 atom stereocenters. The van der Waals surface area contributed by atoms with E-state index >= 15 is 0 Å². The van der Waals surface area contributed by atoms with Crippen LogP contribution in [0, 0.1) is 0 Å². The summed E-state index contributed by atoms with van der Waals surface area (Å²) in [6.45, 7) is 0. The van der Waals surface area contributed by atoms with Crippen LogP contribution in [0.2, 0.25) is 0 Å². The molecule has 2 rings (SSSR count). The maximum Gasteiger partial charge on any atom is 0.252 e. The Bertz CT molecular complexity index is 306. The zero-order valence-corrected chi connectivity index (χ0v) is 9.19. The molecule has 1 unspecified atom stereocenters. The van der Waals surface area contributed by atoms with E-state index in [1.165, 1.54) is 4.90 Å². The first-order valence-corrected chi connectivity index (χ1v) is 5.28. The van der Waals surface area contributed by atoms with Crippen molar-refractivity contribution >= 4 is 64.1 Å². The summed E-state index contributed by atoms with van der Waals surface area (Å²) < 4.78 is -0.685. The molecular weight excluding hydrogens is 264 g/mol. The minimum absolute atomic E-state index is 0.165. The van der Waals surface area contributed by atoms with Gasteiger partial charge in [-0.05, 0) is 0 Å². The Labute approximate surface area is 92.8 Å². The lowest BCUT2D eigenvalue weighted by atomic mass is 10.2. The second-order valence-corrected chi connectivity index (χ2v) is 5.74. The SMILES string of the molecule is O=C1C(Cl)[C@@]2(Cl)SC(Cl)=C(Cl)N12. The number of hydrogen-bond donors (Lipinski definition) is 0. The van der Waals surface area contributed by atoms with E-state index in [-0.39, 0.29) is 11.1 Å². The number of alkyl halides is 2. The molecule has 12 heavy (non-hydrogen) atoms. The fourth-order valence-electron chi connectivity index (χ4n) is 1.05. The van der Waals surface area contributed by atoms with E-state index in [0.717, 1.165) is 11.8 Å². The van der Waals surface area contributed by atoms with Crippen molar-refractivity contribution < 1.29 is 4.79 Å². The van der Waals surface area contributed by atoms with Crippen LogP contribution >= 0.6 is 58.2 Å². The van der Waals surface area contributed by atoms with Crippen molar-refractivity contribution in [2.45, 2.75) is 9.71 Å². The van der Waals surface area contributed by atoms with Gasteiger partial charge in [-0.1, -0.05) is 46.6 Å². The number of fused-ring (bicyclic) bond motifs is 1. The average molecular weight is 265 g/mol. The van der Waals surface area contributed by atoms with Crippen molar-refractivity contribution in [3.63, 3.8) is 0 Å². The molecule has 0 aromatic carbocycles. The molecule has 0 N–H and O–H groups in total. The number of carbonyl (C=O) groups is 1. The first-order valence-electron chi connectivity index (χ1n) is 2.90. The molecule has 2 nitrogen and oxygen atoms in total. The van der Waals surface area contributed by atoms with Gasteiger partial charge in [-0.2, -0.15) is 0 Å². The van der Waals surface area contributed by atoms with E-state index in [2.05, 4.69) is 0 Å². The smallest absolute Gasteiger partial charge is 0.252 e. The molecule has 66 valence electrons. The summed E-state index contributed by atoms with van der Waals surface area (Å²) in [5.74, 6) is -0.306. The topological polar surface area (TPSA) is 20.3 Å². The van der Waals surface area contributed by atoms with Gasteiger partial charge in [-0.3, -0.25) is 9.69 Å². The summed E-state index contributed by atoms with van der Waals surface area (Å²) in [5, 5.41) is -0.590. The predicted octanol–water partition coefficient (Wildman–Crippen LogP) is 2.68. The van der Waals surface area contributed by atoms with Gasteiger partial charge in [-0.25, -0.2) is 0 Å². The zero-order chi connectivity index (χ0) is 9.09. The number of halogens is 4. The van der Waals surface area contributed by atoms with Crippen LogP contribution in [0.4, 0.5) is 0 Å². The summed E-state index contributed by atoms with van der Waals surface area (Å²) in [6.07, 6.45) is 0. The van der Waals surface area contributed by atoms with Crippen LogP contribution in [0.25, 0.3) is 0 Å². The molecule has 2 aliphatic rings. The third-order valence-electron chi connectivity index (χ3n) is 1.65. The van der Waals surface area contributed by atoms with E-state index in [1.54, 1.807) is 0 Å². The van der Waals surface area contributed by atoms with Gasteiger partial charge in [0.15, 0.2) is 9.71 Å². The van der Waals surface area contributed by atoms with Gasteiger partial charge >= 0.3 is 0 Å². The van der Waals surface area contributed by atoms with Crippen LogP contribution < -0.4 is 0 Å². The highest BCUT2D eigenvalue weighted by molar-refractivity contribution is 8.07. The van der Waals surface area contributed by atoms with Gasteiger partial charge in [0.1, 0.15) is 9.52 Å². The van der Waals surface area contributed by atoms with Gasteiger partial charge in [0.25, 0.3) is 5.91 Å². The Morgan fingerprint density at radius 2 is 2.08 bits per heavy atom. The van der Waals surface area contributed by atoms with Crippen LogP contribution in [0.1, 0.15) is 0 Å². The number of β-lactam (4-membered cyclic amide) rings is 1. The lowest BCUT2D eigenvalue weighted by Crippen LogP contribution is -2.64. The Kier molecular flexibility index (Phi) is 2.02. The Hall–Kier alpha value is 0.720. The molecule has 2 aliphatic heterocycles. The average Bonchev–Trinajstić information content (AvgIpc) is 2.22. The van der Waals surface area contributed by atoms with Crippen LogP contribution in [0.15, 0.2) is 9.52 Å². The Morgan fingerprint density at radius 1 is 1.50 bits per heavy atom. The largest absolute Gasteiger partial charge is 0.272 e. The van der Waals surface area contributed by atoms with Gasteiger partial charge in [-0.15, -0.1) is 11.6 Å². The molecule has 0 aromatic heterocycles. The second-order valence-electron chi connectivity index (χ2n) is 2.31. The fourth-order valence-corrected chi connectivity index (χ4v) is 3.75. The van der Waals surface area contributed by atoms with E-state index in [1.807, 2.05) is 0 Å². The normalized spacial score (nSPS) is 40.2. The summed E-state index contributed by atoms with van der Waals surface area (Å²) in [5.41, 5.74) is 0. The molecule has 1 amide bonds. The highest BCUT2D eigenvalue weighted by Gasteiger charge is 2.65. The Balaban J connectivity index is 2.39. The predicted molar refractivity (Wildman–Crippen MR) is 51.4 cm³/mol. The number of hydrogen-bond acceptors (Lipinski definition) is 2. The van der Waals surface area contributed by atoms with Crippen molar-refractivity contribution in [1.82, 2.24) is 4.90 Å². The summed E-state index contributed by atoms with van der Waals surface area (Å²) in [7, 11) is 0. The Morgan fingerprint density at radius 3 is 2.58 bits per heavy atom. The van der Waals surface area contributed by atoms with Crippen LogP contribution in [0.3, 0.4) is 0 Å². The minimum Gasteiger partial charge on any atom is -0.272 e. The number of thioether (sulfide) groups is 1. The maximum atomic E-state index is 11.1. The molecule has 0 aromatic rings. The van der Waals surface area contributed by atoms with E-state index in [4.69, 9.17) is 46.4 Å². The van der Waals surface area contributed by atoms with Crippen LogP contribution in [-0.4, -0.2) is 20.5 Å². The first kappa shape index (κ1) is 9.28. The molecule has 0 bridgehead atoms. The zero-order valence-electron chi connectivity index (χ0n) is 5.35. The summed E-state index contributed by atoms with van der Waals surface area (Å²) >= 11 is 24.1. The highest BCUT2D eigenvalue weighted by Crippen LogP contribution is 2.60. The second kappa shape index (κ2) is 2.61. The van der Waals surface area contributed by atoms with E-state index in [9.17, 15) is 4.79 Å². The van der Waals surface area contributed by atoms with Gasteiger partial charge in [0, 0.05) is 0 Å². The van der Waals surface area contributed by atoms with E-state index in [0.29, 0.717) is 4.36 Å². The minimum atomic E-state index is -0.993. The molecule has 7 heteroatoms. The van der Waals surface area contributed by atoms with Gasteiger partial charge in [0.05, 0.1) is 0 Å². The van der Waals surface area contributed by atoms with Crippen molar-refractivity contribution in [3.05, 3.63) is 9.52 Å². The number of amides is 1. The van der Waals surface area contributed by atoms with Crippen molar-refractivity contribution in [2.24, 2.45) is 0 Å². The molecule has 1 saturated heterocycles. The first-order chi connectivity index (χ1) is 5.48. The van der Waals surface area contributed by atoms with Gasteiger partial charge < -0.3 is 0 Å². The number of nitrogens with zero attached hydrogens (tertiary/aromatic N) is 1. The van der Waals surface area contributed by atoms with E-state index < -0.39 is 9.71 Å². The summed E-state index contributed by atoms with van der Waals surface area (Å²) in [4.78, 5) is 12.3. The van der Waals surface area contributed by atoms with Crippen molar-refractivity contribution in [3.8, 4) is 0 Å². The molecule has 0 radical (unpaired) electrons. The highest BCUT2D eigenvalue weighted by atomic mass is 35.5. The monoisotopic (exact) mass is 263 g/mol. The standard InChI is InChI=1S/C5HCl4NOS/c6-1-4(11)10-2(7)3(8)12-5(1,10)9/h1H/t1?,5-/m0/s1. The van der Waals surface area contributed by atoms with Crippen LogP contribution in [0.5, 0.6) is 0 Å².